The minimum atomic E-state index is -4.69. The lowest BCUT2D eigenvalue weighted by Gasteiger charge is -2.37. The molecule has 1 heterocycles. The van der Waals surface area contributed by atoms with Crippen LogP contribution in [0.3, 0.4) is 0 Å². The van der Waals surface area contributed by atoms with Crippen LogP contribution in [0.4, 0.5) is 13.2 Å². The van der Waals surface area contributed by atoms with E-state index in [2.05, 4.69) is 0 Å². The smallest absolute Gasteiger partial charge is 0.403 e. The average Bonchev–Trinajstić information content (AvgIpc) is 2.23. The second kappa shape index (κ2) is 5.88. The Bertz CT molecular complexity index is 297. The van der Waals surface area contributed by atoms with Gasteiger partial charge in [-0.3, -0.25) is 4.79 Å². The van der Waals surface area contributed by atoms with Crippen molar-refractivity contribution in [3.05, 3.63) is 0 Å². The van der Waals surface area contributed by atoms with Crippen LogP contribution in [0.25, 0.3) is 0 Å². The van der Waals surface area contributed by atoms with Gasteiger partial charge in [-0.1, -0.05) is 0 Å². The van der Waals surface area contributed by atoms with Crippen molar-refractivity contribution >= 4 is 5.97 Å². The molecule has 2 atom stereocenters. The van der Waals surface area contributed by atoms with E-state index in [4.69, 9.17) is 5.11 Å². The number of carboxylic acid groups (broad SMARTS) is 1. The van der Waals surface area contributed by atoms with E-state index in [9.17, 15) is 18.0 Å². The zero-order valence-electron chi connectivity index (χ0n) is 10.6. The topological polar surface area (TPSA) is 43.8 Å². The van der Waals surface area contributed by atoms with Crippen LogP contribution in [0.15, 0.2) is 0 Å². The van der Waals surface area contributed by atoms with Crippen molar-refractivity contribution in [1.29, 1.82) is 0 Å². The van der Waals surface area contributed by atoms with Crippen LogP contribution in [0, 0.1) is 5.92 Å². The van der Waals surface area contributed by atoms with Crippen LogP contribution in [0.1, 0.15) is 12.8 Å². The number of hydrogen-bond donors (Lipinski definition) is 1. The molecule has 0 aromatic rings. The van der Waals surface area contributed by atoms with Gasteiger partial charge in [-0.15, -0.1) is 0 Å². The highest BCUT2D eigenvalue weighted by molar-refractivity contribution is 5.71. The zero-order chi connectivity index (χ0) is 13.9. The third-order valence-electron chi connectivity index (χ3n) is 3.39. The van der Waals surface area contributed by atoms with Crippen molar-refractivity contribution in [2.24, 2.45) is 5.92 Å². The van der Waals surface area contributed by atoms with Crippen LogP contribution in [0.5, 0.6) is 0 Å². The summed E-state index contributed by atoms with van der Waals surface area (Å²) in [7, 11) is 3.48. The summed E-state index contributed by atoms with van der Waals surface area (Å²) in [5.41, 5.74) is 0. The van der Waals surface area contributed by atoms with Crippen molar-refractivity contribution in [2.75, 3.05) is 33.7 Å². The molecule has 2 unspecified atom stereocenters. The van der Waals surface area contributed by atoms with Gasteiger partial charge < -0.3 is 14.9 Å². The van der Waals surface area contributed by atoms with Gasteiger partial charge in [-0.2, -0.15) is 13.2 Å². The zero-order valence-corrected chi connectivity index (χ0v) is 10.6. The van der Waals surface area contributed by atoms with E-state index < -0.39 is 24.6 Å². The summed E-state index contributed by atoms with van der Waals surface area (Å²) in [6.45, 7) is 1.13. The largest absolute Gasteiger partial charge is 0.481 e. The van der Waals surface area contributed by atoms with Gasteiger partial charge in [0.1, 0.15) is 0 Å². The lowest BCUT2D eigenvalue weighted by Crippen LogP contribution is -2.49. The molecular formula is C11H19F3N2O2. The van der Waals surface area contributed by atoms with Crippen LogP contribution < -0.4 is 0 Å². The Hall–Kier alpha value is -0.820. The van der Waals surface area contributed by atoms with Gasteiger partial charge in [-0.25, -0.2) is 0 Å². The van der Waals surface area contributed by atoms with Crippen LogP contribution >= 0.6 is 0 Å². The SMILES string of the molecule is CN1CCCC(N(C)CC(C(=O)O)C(F)(F)F)C1. The van der Waals surface area contributed by atoms with Gasteiger partial charge in [-0.05, 0) is 33.5 Å². The second-order valence-corrected chi connectivity index (χ2v) is 4.93. The van der Waals surface area contributed by atoms with Crippen molar-refractivity contribution in [3.63, 3.8) is 0 Å². The molecule has 0 amide bonds. The Labute approximate surface area is 104 Å². The molecule has 0 aliphatic carbocycles. The maximum Gasteiger partial charge on any atom is 0.403 e. The summed E-state index contributed by atoms with van der Waals surface area (Å²) in [5, 5.41) is 8.65. The Balaban J connectivity index is 2.61. The van der Waals surface area contributed by atoms with Gasteiger partial charge in [0.15, 0.2) is 5.92 Å². The van der Waals surface area contributed by atoms with Crippen molar-refractivity contribution in [2.45, 2.75) is 25.1 Å². The molecule has 4 nitrogen and oxygen atoms in total. The molecule has 18 heavy (non-hydrogen) atoms. The highest BCUT2D eigenvalue weighted by atomic mass is 19.4. The van der Waals surface area contributed by atoms with Gasteiger partial charge in [0.2, 0.25) is 0 Å². The number of hydrogen-bond acceptors (Lipinski definition) is 3. The number of halogens is 3. The van der Waals surface area contributed by atoms with Gasteiger partial charge >= 0.3 is 12.1 Å². The molecule has 1 fully saturated rings. The third-order valence-corrected chi connectivity index (χ3v) is 3.39. The molecule has 0 aromatic carbocycles. The number of piperidine rings is 1. The van der Waals surface area contributed by atoms with E-state index in [0.717, 1.165) is 19.4 Å². The predicted octanol–water partition coefficient (Wildman–Crippen LogP) is 1.28. The summed E-state index contributed by atoms with van der Waals surface area (Å²) < 4.78 is 37.7. The first-order chi connectivity index (χ1) is 8.21. The molecule has 106 valence electrons. The lowest BCUT2D eigenvalue weighted by molar-refractivity contribution is -0.197. The summed E-state index contributed by atoms with van der Waals surface area (Å²) in [6, 6.07) is -0.00653. The molecule has 0 aromatic heterocycles. The normalized spacial score (nSPS) is 24.2. The predicted molar refractivity (Wildman–Crippen MR) is 60.3 cm³/mol. The number of rotatable bonds is 4. The first-order valence-electron chi connectivity index (χ1n) is 5.90. The van der Waals surface area contributed by atoms with E-state index in [-0.39, 0.29) is 6.04 Å². The molecule has 1 saturated heterocycles. The number of likely N-dealkylation sites (tertiary alicyclic amines) is 1. The second-order valence-electron chi connectivity index (χ2n) is 4.93. The summed E-state index contributed by atoms with van der Waals surface area (Å²) >= 11 is 0. The number of aliphatic carboxylic acids is 1. The van der Waals surface area contributed by atoms with Crippen molar-refractivity contribution < 1.29 is 23.1 Å². The molecule has 1 aliphatic heterocycles. The number of alkyl halides is 3. The lowest BCUT2D eigenvalue weighted by atomic mass is 10.0. The monoisotopic (exact) mass is 268 g/mol. The fourth-order valence-corrected chi connectivity index (χ4v) is 2.26. The fraction of sp³-hybridized carbons (Fsp3) is 0.909. The fourth-order valence-electron chi connectivity index (χ4n) is 2.26. The minimum absolute atomic E-state index is 0.00653. The highest BCUT2D eigenvalue weighted by Crippen LogP contribution is 2.28. The number of likely N-dealkylation sites (N-methyl/N-ethyl adjacent to an activating group) is 2. The van der Waals surface area contributed by atoms with E-state index in [1.54, 1.807) is 7.05 Å². The molecule has 0 radical (unpaired) electrons. The van der Waals surface area contributed by atoms with Crippen LogP contribution in [-0.4, -0.2) is 66.8 Å². The standard InChI is InChI=1S/C11H19F3N2O2/c1-15-5-3-4-8(6-15)16(2)7-9(10(17)18)11(12,13)14/h8-9H,3-7H2,1-2H3,(H,17,18). The first-order valence-corrected chi connectivity index (χ1v) is 5.90. The first kappa shape index (κ1) is 15.2. The van der Waals surface area contributed by atoms with E-state index in [1.165, 1.54) is 4.90 Å². The molecule has 0 bridgehead atoms. The molecule has 1 aliphatic rings. The maximum absolute atomic E-state index is 12.6. The highest BCUT2D eigenvalue weighted by Gasteiger charge is 2.46. The molecular weight excluding hydrogens is 249 g/mol. The van der Waals surface area contributed by atoms with Gasteiger partial charge in [0.25, 0.3) is 0 Å². The van der Waals surface area contributed by atoms with Crippen LogP contribution in [-0.2, 0) is 4.79 Å². The molecule has 7 heteroatoms. The maximum atomic E-state index is 12.6. The van der Waals surface area contributed by atoms with Crippen molar-refractivity contribution in [1.82, 2.24) is 9.80 Å². The summed E-state index contributed by atoms with van der Waals surface area (Å²) in [4.78, 5) is 14.2. The Kier molecular flexibility index (Phi) is 4.98. The molecule has 1 N–H and O–H groups in total. The summed E-state index contributed by atoms with van der Waals surface area (Å²) in [5.74, 6) is -4.12. The quantitative estimate of drug-likeness (QED) is 0.834. The van der Waals surface area contributed by atoms with E-state index in [1.807, 2.05) is 11.9 Å². The van der Waals surface area contributed by atoms with Crippen molar-refractivity contribution in [3.8, 4) is 0 Å². The number of nitrogens with zero attached hydrogens (tertiary/aromatic N) is 2. The Morgan fingerprint density at radius 1 is 1.56 bits per heavy atom. The minimum Gasteiger partial charge on any atom is -0.481 e. The van der Waals surface area contributed by atoms with E-state index in [0.29, 0.717) is 6.54 Å². The van der Waals surface area contributed by atoms with E-state index >= 15 is 0 Å². The Morgan fingerprint density at radius 2 is 2.17 bits per heavy atom. The van der Waals surface area contributed by atoms with Gasteiger partial charge in [0, 0.05) is 19.1 Å². The van der Waals surface area contributed by atoms with Crippen LogP contribution in [0.2, 0.25) is 0 Å². The molecule has 0 spiro atoms. The number of carboxylic acids is 1. The number of carbonyl (C=O) groups is 1. The average molecular weight is 268 g/mol. The molecule has 0 saturated carbocycles. The molecule has 1 rings (SSSR count). The third kappa shape index (κ3) is 4.13. The Morgan fingerprint density at radius 3 is 2.61 bits per heavy atom. The summed E-state index contributed by atoms with van der Waals surface area (Å²) in [6.07, 6.45) is -2.96. The van der Waals surface area contributed by atoms with Gasteiger partial charge in [0.05, 0.1) is 0 Å².